The average molecular weight is 174 g/mol. The summed E-state index contributed by atoms with van der Waals surface area (Å²) < 4.78 is 12.8. The number of benzene rings is 1. The van der Waals surface area contributed by atoms with Crippen LogP contribution in [-0.2, 0) is 0 Å². The van der Waals surface area contributed by atoms with E-state index in [4.69, 9.17) is 5.26 Å². The van der Waals surface area contributed by atoms with Gasteiger partial charge in [-0.1, -0.05) is 13.0 Å². The second kappa shape index (κ2) is 3.86. The Bertz CT molecular complexity index is 363. The van der Waals surface area contributed by atoms with Crippen LogP contribution in [0.3, 0.4) is 0 Å². The molecule has 1 rings (SSSR count). The van der Waals surface area contributed by atoms with Gasteiger partial charge < -0.3 is 0 Å². The third-order valence-electron chi connectivity index (χ3n) is 1.83. The largest absolute Gasteiger partial charge is 0.207 e. The molecule has 2 heteroatoms. The third kappa shape index (κ3) is 1.94. The summed E-state index contributed by atoms with van der Waals surface area (Å²) in [7, 11) is 0. The molecule has 0 aliphatic rings. The molecule has 0 spiro atoms. The van der Waals surface area contributed by atoms with Gasteiger partial charge in [-0.2, -0.15) is 5.26 Å². The van der Waals surface area contributed by atoms with Crippen LogP contribution in [0.4, 0.5) is 4.39 Å². The van der Waals surface area contributed by atoms with Crippen LogP contribution >= 0.6 is 0 Å². The van der Waals surface area contributed by atoms with Gasteiger partial charge in [-0.15, -0.1) is 6.58 Å². The number of nitrogens with zero attached hydrogens (tertiary/aromatic N) is 1. The number of halogens is 1. The summed E-state index contributed by atoms with van der Waals surface area (Å²) in [6.45, 7) is 5.37. The quantitative estimate of drug-likeness (QED) is 0.676. The smallest absolute Gasteiger partial charge is 0.123 e. The van der Waals surface area contributed by atoms with Crippen molar-refractivity contribution in [2.75, 3.05) is 0 Å². The van der Waals surface area contributed by atoms with Crippen LogP contribution < -0.4 is 0 Å². The first-order valence-corrected chi connectivity index (χ1v) is 3.85. The molecule has 0 fully saturated rings. The predicted octanol–water partition coefficient (Wildman–Crippen LogP) is 2.83. The zero-order chi connectivity index (χ0) is 9.84. The van der Waals surface area contributed by atoms with Crippen LogP contribution in [0.25, 0.3) is 0 Å². The van der Waals surface area contributed by atoms with Crippen molar-refractivity contribution >= 4 is 0 Å². The van der Waals surface area contributed by atoms with Crippen molar-refractivity contribution in [3.05, 3.63) is 53.7 Å². The Morgan fingerprint density at radius 1 is 1.62 bits per heavy atom. The summed E-state index contributed by atoms with van der Waals surface area (Å²) in [6, 6.07) is 6.09. The molecule has 0 aromatic heterocycles. The molecule has 0 heterocycles. The van der Waals surface area contributed by atoms with E-state index in [1.165, 1.54) is 18.2 Å². The van der Waals surface area contributed by atoms with E-state index in [0.29, 0.717) is 11.1 Å². The lowest BCUT2D eigenvalue weighted by Gasteiger charge is -2.07. The minimum Gasteiger partial charge on any atom is -0.207 e. The maximum Gasteiger partial charge on any atom is 0.123 e. The first-order valence-electron chi connectivity index (χ1n) is 3.85. The Morgan fingerprint density at radius 2 is 2.31 bits per heavy atom. The SMILES string of the molecule is C=C[C](C)c1cc(F)ccc1C#N. The van der Waals surface area contributed by atoms with Crippen molar-refractivity contribution in [1.29, 1.82) is 5.26 Å². The highest BCUT2D eigenvalue weighted by Crippen LogP contribution is 2.20. The van der Waals surface area contributed by atoms with Crippen molar-refractivity contribution in [2.24, 2.45) is 0 Å². The molecule has 0 saturated carbocycles. The number of hydrogen-bond acceptors (Lipinski definition) is 1. The van der Waals surface area contributed by atoms with Gasteiger partial charge >= 0.3 is 0 Å². The summed E-state index contributed by atoms with van der Waals surface area (Å²) in [5.41, 5.74) is 1.08. The van der Waals surface area contributed by atoms with Crippen LogP contribution in [0, 0.1) is 23.1 Å². The van der Waals surface area contributed by atoms with Gasteiger partial charge in [0, 0.05) is 5.92 Å². The fourth-order valence-electron chi connectivity index (χ4n) is 1.05. The van der Waals surface area contributed by atoms with Crippen molar-refractivity contribution in [1.82, 2.24) is 0 Å². The summed E-state index contributed by atoms with van der Waals surface area (Å²) in [4.78, 5) is 0. The second-order valence-electron chi connectivity index (χ2n) is 2.69. The molecule has 65 valence electrons. The van der Waals surface area contributed by atoms with Gasteiger partial charge in [-0.25, -0.2) is 4.39 Å². The third-order valence-corrected chi connectivity index (χ3v) is 1.83. The van der Waals surface area contributed by atoms with Crippen molar-refractivity contribution in [3.8, 4) is 6.07 Å². The summed E-state index contributed by atoms with van der Waals surface area (Å²) >= 11 is 0. The number of rotatable bonds is 2. The van der Waals surface area contributed by atoms with Crippen LogP contribution in [-0.4, -0.2) is 0 Å². The van der Waals surface area contributed by atoms with Crippen LogP contribution in [0.1, 0.15) is 18.1 Å². The van der Waals surface area contributed by atoms with Crippen LogP contribution in [0.2, 0.25) is 0 Å². The van der Waals surface area contributed by atoms with E-state index in [9.17, 15) is 4.39 Å². The highest BCUT2D eigenvalue weighted by Gasteiger charge is 2.08. The molecule has 0 aliphatic heterocycles. The highest BCUT2D eigenvalue weighted by atomic mass is 19.1. The van der Waals surface area contributed by atoms with Gasteiger partial charge in [0.25, 0.3) is 0 Å². The molecular weight excluding hydrogens is 165 g/mol. The van der Waals surface area contributed by atoms with Gasteiger partial charge in [-0.3, -0.25) is 0 Å². The molecule has 0 atom stereocenters. The van der Waals surface area contributed by atoms with Gasteiger partial charge in [0.15, 0.2) is 0 Å². The molecule has 0 N–H and O–H groups in total. The standard InChI is InChI=1S/C11H9FN/c1-3-8(2)11-6-10(12)5-4-9(11)7-13/h3-6H,1H2,2H3. The molecule has 0 bridgehead atoms. The topological polar surface area (TPSA) is 23.8 Å². The fraction of sp³-hybridized carbons (Fsp3) is 0.0909. The molecular formula is C11H9FN. The van der Waals surface area contributed by atoms with Gasteiger partial charge in [-0.05, 0) is 23.8 Å². The number of hydrogen-bond donors (Lipinski definition) is 0. The molecule has 1 aromatic carbocycles. The molecule has 0 aliphatic carbocycles. The maximum atomic E-state index is 12.8. The zero-order valence-corrected chi connectivity index (χ0v) is 7.34. The average Bonchev–Trinajstić information content (AvgIpc) is 2.16. The highest BCUT2D eigenvalue weighted by molar-refractivity contribution is 5.48. The van der Waals surface area contributed by atoms with Gasteiger partial charge in [0.05, 0.1) is 11.6 Å². The van der Waals surface area contributed by atoms with E-state index < -0.39 is 0 Å². The van der Waals surface area contributed by atoms with Gasteiger partial charge in [0.2, 0.25) is 0 Å². The number of nitriles is 1. The maximum absolute atomic E-state index is 12.8. The summed E-state index contributed by atoms with van der Waals surface area (Å²) in [5, 5.41) is 8.73. The Labute approximate surface area is 77.1 Å². The lowest BCUT2D eigenvalue weighted by Crippen LogP contribution is -1.95. The fourth-order valence-corrected chi connectivity index (χ4v) is 1.05. The molecule has 0 unspecified atom stereocenters. The van der Waals surface area contributed by atoms with Crippen molar-refractivity contribution in [2.45, 2.75) is 6.92 Å². The minimum atomic E-state index is -0.338. The lowest BCUT2D eigenvalue weighted by molar-refractivity contribution is 0.626. The molecule has 1 aromatic rings. The predicted molar refractivity (Wildman–Crippen MR) is 49.3 cm³/mol. The van der Waals surface area contributed by atoms with E-state index in [1.807, 2.05) is 6.07 Å². The first-order chi connectivity index (χ1) is 6.19. The first kappa shape index (κ1) is 9.47. The van der Waals surface area contributed by atoms with Crippen LogP contribution in [0.5, 0.6) is 0 Å². The van der Waals surface area contributed by atoms with E-state index >= 15 is 0 Å². The second-order valence-corrected chi connectivity index (χ2v) is 2.69. The minimum absolute atomic E-state index is 0.338. The van der Waals surface area contributed by atoms with Gasteiger partial charge in [0.1, 0.15) is 5.82 Å². The normalized spacial score (nSPS) is 9.69. The summed E-state index contributed by atoms with van der Waals surface area (Å²) in [6.07, 6.45) is 1.61. The van der Waals surface area contributed by atoms with E-state index in [-0.39, 0.29) is 5.82 Å². The Kier molecular flexibility index (Phi) is 2.81. The lowest BCUT2D eigenvalue weighted by atomic mass is 9.96. The van der Waals surface area contributed by atoms with Crippen molar-refractivity contribution in [3.63, 3.8) is 0 Å². The Balaban J connectivity index is 3.25. The van der Waals surface area contributed by atoms with Crippen molar-refractivity contribution < 1.29 is 4.39 Å². The van der Waals surface area contributed by atoms with E-state index in [0.717, 1.165) is 5.92 Å². The molecule has 13 heavy (non-hydrogen) atoms. The molecule has 1 radical (unpaired) electrons. The van der Waals surface area contributed by atoms with Crippen LogP contribution in [0.15, 0.2) is 30.9 Å². The number of allylic oxidation sites excluding steroid dienone is 1. The summed E-state index contributed by atoms with van der Waals surface area (Å²) in [5.74, 6) is 0.464. The molecule has 1 nitrogen and oxygen atoms in total. The molecule has 0 saturated heterocycles. The molecule has 0 amide bonds. The Morgan fingerprint density at radius 3 is 2.85 bits per heavy atom. The Hall–Kier alpha value is -1.62. The monoisotopic (exact) mass is 174 g/mol. The van der Waals surface area contributed by atoms with E-state index in [1.54, 1.807) is 13.0 Å². The zero-order valence-electron chi connectivity index (χ0n) is 7.34. The van der Waals surface area contributed by atoms with E-state index in [2.05, 4.69) is 6.58 Å².